The van der Waals surface area contributed by atoms with E-state index in [2.05, 4.69) is 26.0 Å². The van der Waals surface area contributed by atoms with E-state index in [0.717, 1.165) is 26.8 Å². The van der Waals surface area contributed by atoms with Crippen molar-refractivity contribution in [3.05, 3.63) is 58.5 Å². The van der Waals surface area contributed by atoms with Crippen molar-refractivity contribution in [2.45, 2.75) is 6.04 Å². The summed E-state index contributed by atoms with van der Waals surface area (Å²) in [5.74, 6) is 0. The first kappa shape index (κ1) is 12.3. The van der Waals surface area contributed by atoms with Crippen LogP contribution >= 0.6 is 15.9 Å². The van der Waals surface area contributed by atoms with Crippen molar-refractivity contribution in [2.75, 3.05) is 0 Å². The highest BCUT2D eigenvalue weighted by molar-refractivity contribution is 9.10. The van der Waals surface area contributed by atoms with Crippen molar-refractivity contribution in [1.82, 2.24) is 14.8 Å². The normalized spacial score (nSPS) is 12.8. The summed E-state index contributed by atoms with van der Waals surface area (Å²) in [6, 6.07) is 11.6. The maximum absolute atomic E-state index is 6.25. The Morgan fingerprint density at radius 1 is 1.26 bits per heavy atom. The van der Waals surface area contributed by atoms with Crippen molar-refractivity contribution >= 4 is 26.8 Å². The van der Waals surface area contributed by atoms with Crippen LogP contribution in [-0.4, -0.2) is 14.8 Å². The second kappa shape index (κ2) is 4.75. The maximum Gasteiger partial charge on any atom is 0.0930 e. The minimum absolute atomic E-state index is 0.333. The third-order valence-corrected chi connectivity index (χ3v) is 3.69. The molecular weight excluding hydrogens is 304 g/mol. The number of aromatic nitrogens is 3. The van der Waals surface area contributed by atoms with Crippen LogP contribution in [0, 0.1) is 0 Å². The Kier molecular flexibility index (Phi) is 3.08. The van der Waals surface area contributed by atoms with Crippen molar-refractivity contribution in [1.29, 1.82) is 0 Å². The predicted octanol–water partition coefficient (Wildman–Crippen LogP) is 2.78. The van der Waals surface area contributed by atoms with Crippen LogP contribution in [0.2, 0.25) is 0 Å². The summed E-state index contributed by atoms with van der Waals surface area (Å²) in [5, 5.41) is 5.43. The van der Waals surface area contributed by atoms with Crippen LogP contribution in [0.15, 0.2) is 47.1 Å². The van der Waals surface area contributed by atoms with Crippen LogP contribution < -0.4 is 5.73 Å². The van der Waals surface area contributed by atoms with Gasteiger partial charge in [0.15, 0.2) is 0 Å². The number of pyridine rings is 1. The van der Waals surface area contributed by atoms with Crippen LogP contribution in [0.25, 0.3) is 10.9 Å². The fourth-order valence-electron chi connectivity index (χ4n) is 2.06. The van der Waals surface area contributed by atoms with E-state index in [9.17, 15) is 0 Å². The molecule has 0 radical (unpaired) electrons. The molecule has 0 saturated carbocycles. The van der Waals surface area contributed by atoms with Crippen molar-refractivity contribution in [3.63, 3.8) is 0 Å². The molecule has 0 fully saturated rings. The van der Waals surface area contributed by atoms with Gasteiger partial charge in [-0.15, -0.1) is 0 Å². The summed E-state index contributed by atoms with van der Waals surface area (Å²) in [5.41, 5.74) is 8.80. The van der Waals surface area contributed by atoms with E-state index >= 15 is 0 Å². The van der Waals surface area contributed by atoms with Gasteiger partial charge < -0.3 is 5.73 Å². The zero-order valence-electron chi connectivity index (χ0n) is 10.4. The van der Waals surface area contributed by atoms with E-state index in [1.54, 1.807) is 4.68 Å². The van der Waals surface area contributed by atoms with Crippen molar-refractivity contribution in [3.8, 4) is 0 Å². The van der Waals surface area contributed by atoms with Gasteiger partial charge in [-0.1, -0.05) is 18.2 Å². The van der Waals surface area contributed by atoms with E-state index in [4.69, 9.17) is 5.73 Å². The molecule has 2 N–H and O–H groups in total. The zero-order chi connectivity index (χ0) is 13.4. The fourth-order valence-corrected chi connectivity index (χ4v) is 2.64. The third-order valence-electron chi connectivity index (χ3n) is 3.05. The topological polar surface area (TPSA) is 56.7 Å². The first-order chi connectivity index (χ1) is 9.15. The molecule has 2 aromatic heterocycles. The largest absolute Gasteiger partial charge is 0.318 e. The first-order valence-electron chi connectivity index (χ1n) is 5.95. The number of rotatable bonds is 2. The summed E-state index contributed by atoms with van der Waals surface area (Å²) in [6.07, 6.45) is 1.88. The first-order valence-corrected chi connectivity index (χ1v) is 6.75. The molecule has 3 rings (SSSR count). The zero-order valence-corrected chi connectivity index (χ0v) is 12.0. The van der Waals surface area contributed by atoms with Gasteiger partial charge in [0.2, 0.25) is 0 Å². The van der Waals surface area contributed by atoms with Gasteiger partial charge in [0.1, 0.15) is 0 Å². The molecule has 1 atom stereocenters. The Balaban J connectivity index is 2.11. The number of para-hydroxylation sites is 1. The van der Waals surface area contributed by atoms with E-state index in [-0.39, 0.29) is 6.04 Å². The SMILES string of the molecule is Cn1ccc(C(N)c2nc3ccccc3cc2Br)n1. The van der Waals surface area contributed by atoms with Gasteiger partial charge in [-0.2, -0.15) is 5.10 Å². The molecule has 19 heavy (non-hydrogen) atoms. The van der Waals surface area contributed by atoms with Crippen LogP contribution in [0.3, 0.4) is 0 Å². The monoisotopic (exact) mass is 316 g/mol. The molecule has 0 aliphatic carbocycles. The predicted molar refractivity (Wildman–Crippen MR) is 78.7 cm³/mol. The number of halogens is 1. The summed E-state index contributed by atoms with van der Waals surface area (Å²) < 4.78 is 2.65. The molecule has 2 heterocycles. The quantitative estimate of drug-likeness (QED) is 0.791. The lowest BCUT2D eigenvalue weighted by molar-refractivity contribution is 0.707. The maximum atomic E-state index is 6.25. The molecule has 0 spiro atoms. The number of nitrogens with zero attached hydrogens (tertiary/aromatic N) is 3. The molecule has 1 aromatic carbocycles. The molecule has 1 unspecified atom stereocenters. The van der Waals surface area contributed by atoms with E-state index in [1.807, 2.05) is 49.6 Å². The highest BCUT2D eigenvalue weighted by Gasteiger charge is 2.17. The Bertz CT molecular complexity index is 735. The lowest BCUT2D eigenvalue weighted by atomic mass is 10.1. The van der Waals surface area contributed by atoms with Gasteiger partial charge in [0.05, 0.1) is 22.9 Å². The number of benzene rings is 1. The van der Waals surface area contributed by atoms with Gasteiger partial charge in [-0.3, -0.25) is 4.68 Å². The Labute approximate surface area is 119 Å². The second-order valence-corrected chi connectivity index (χ2v) is 5.29. The Morgan fingerprint density at radius 2 is 2.05 bits per heavy atom. The highest BCUT2D eigenvalue weighted by atomic mass is 79.9. The highest BCUT2D eigenvalue weighted by Crippen LogP contribution is 2.27. The van der Waals surface area contributed by atoms with Crippen LogP contribution in [0.5, 0.6) is 0 Å². The summed E-state index contributed by atoms with van der Waals surface area (Å²) in [4.78, 5) is 4.64. The summed E-state index contributed by atoms with van der Waals surface area (Å²) in [7, 11) is 1.87. The third kappa shape index (κ3) is 2.27. The minimum Gasteiger partial charge on any atom is -0.318 e. The number of nitrogens with two attached hydrogens (primary N) is 1. The Morgan fingerprint density at radius 3 is 2.79 bits per heavy atom. The van der Waals surface area contributed by atoms with Gasteiger partial charge >= 0.3 is 0 Å². The molecule has 0 aliphatic heterocycles. The molecule has 96 valence electrons. The number of hydrogen-bond donors (Lipinski definition) is 1. The van der Waals surface area contributed by atoms with E-state index in [1.165, 1.54) is 0 Å². The van der Waals surface area contributed by atoms with E-state index in [0.29, 0.717) is 0 Å². The number of fused-ring (bicyclic) bond motifs is 1. The van der Waals surface area contributed by atoms with E-state index < -0.39 is 0 Å². The molecule has 5 heteroatoms. The Hall–Kier alpha value is -1.72. The van der Waals surface area contributed by atoms with Gasteiger partial charge in [0, 0.05) is 23.1 Å². The molecule has 0 aliphatic rings. The minimum atomic E-state index is -0.333. The van der Waals surface area contributed by atoms with Crippen molar-refractivity contribution in [2.24, 2.45) is 12.8 Å². The van der Waals surface area contributed by atoms with Gasteiger partial charge in [-0.05, 0) is 34.1 Å². The van der Waals surface area contributed by atoms with Crippen LogP contribution in [0.4, 0.5) is 0 Å². The summed E-state index contributed by atoms with van der Waals surface area (Å²) >= 11 is 3.55. The number of hydrogen-bond acceptors (Lipinski definition) is 3. The average Bonchev–Trinajstić information content (AvgIpc) is 2.84. The summed E-state index contributed by atoms with van der Waals surface area (Å²) in [6.45, 7) is 0. The lowest BCUT2D eigenvalue weighted by Crippen LogP contribution is -2.15. The van der Waals surface area contributed by atoms with Gasteiger partial charge in [0.25, 0.3) is 0 Å². The van der Waals surface area contributed by atoms with Gasteiger partial charge in [-0.25, -0.2) is 4.98 Å². The molecular formula is C14H13BrN4. The molecule has 0 bridgehead atoms. The standard InChI is InChI=1S/C14H13BrN4/c1-19-7-6-12(18-19)13(16)14-10(15)8-9-4-2-3-5-11(9)17-14/h2-8,13H,16H2,1H3. The van der Waals surface area contributed by atoms with Crippen LogP contribution in [-0.2, 0) is 7.05 Å². The molecule has 0 amide bonds. The fraction of sp³-hybridized carbons (Fsp3) is 0.143. The smallest absolute Gasteiger partial charge is 0.0930 e. The number of aryl methyl sites for hydroxylation is 1. The lowest BCUT2D eigenvalue weighted by Gasteiger charge is -2.11. The molecule has 3 aromatic rings. The van der Waals surface area contributed by atoms with Crippen molar-refractivity contribution < 1.29 is 0 Å². The average molecular weight is 317 g/mol. The molecule has 4 nitrogen and oxygen atoms in total. The van der Waals surface area contributed by atoms with Crippen LogP contribution in [0.1, 0.15) is 17.4 Å². The second-order valence-electron chi connectivity index (χ2n) is 4.44. The molecule has 0 saturated heterocycles.